The van der Waals surface area contributed by atoms with Crippen LogP contribution < -0.4 is 0 Å². The van der Waals surface area contributed by atoms with Crippen molar-refractivity contribution >= 4 is 23.4 Å². The second-order valence-corrected chi connectivity index (χ2v) is 2.65. The van der Waals surface area contributed by atoms with Crippen LogP contribution >= 0.6 is 11.6 Å². The molecule has 3 nitrogen and oxygen atoms in total. The Kier molecular flexibility index (Phi) is 4.86. The van der Waals surface area contributed by atoms with Crippen molar-refractivity contribution in [3.8, 4) is 0 Å². The highest BCUT2D eigenvalue weighted by Crippen LogP contribution is 2.02. The van der Waals surface area contributed by atoms with E-state index in [9.17, 15) is 9.59 Å². The number of hydrogen-bond acceptors (Lipinski definition) is 3. The minimum atomic E-state index is -0.533. The van der Waals surface area contributed by atoms with Gasteiger partial charge < -0.3 is 4.74 Å². The zero-order chi connectivity index (χ0) is 8.85. The second-order valence-electron chi connectivity index (χ2n) is 2.12. The Morgan fingerprint density at radius 2 is 2.09 bits per heavy atom. The Morgan fingerprint density at radius 3 is 2.45 bits per heavy atom. The summed E-state index contributed by atoms with van der Waals surface area (Å²) in [6.07, 6.45) is 0.557. The SMILES string of the molecule is CCC(Cl)C(=O)COC(C)=O. The van der Waals surface area contributed by atoms with Gasteiger partial charge in [0.05, 0.1) is 5.38 Å². The zero-order valence-electron chi connectivity index (χ0n) is 6.59. The van der Waals surface area contributed by atoms with Crippen molar-refractivity contribution < 1.29 is 14.3 Å². The van der Waals surface area contributed by atoms with Gasteiger partial charge in [0.2, 0.25) is 0 Å². The fourth-order valence-electron chi connectivity index (χ4n) is 0.491. The molecule has 0 aromatic rings. The second kappa shape index (κ2) is 5.13. The van der Waals surface area contributed by atoms with Crippen LogP contribution in [0.15, 0.2) is 0 Å². The third-order valence-electron chi connectivity index (χ3n) is 1.13. The molecule has 0 saturated heterocycles. The molecule has 0 bridgehead atoms. The molecule has 0 aliphatic rings. The van der Waals surface area contributed by atoms with Crippen molar-refractivity contribution in [2.75, 3.05) is 6.61 Å². The fourth-order valence-corrected chi connectivity index (χ4v) is 0.554. The molecule has 0 fully saturated rings. The highest BCUT2D eigenvalue weighted by molar-refractivity contribution is 6.31. The van der Waals surface area contributed by atoms with Gasteiger partial charge in [-0.1, -0.05) is 6.92 Å². The molecule has 4 heteroatoms. The van der Waals surface area contributed by atoms with Crippen LogP contribution in [0.1, 0.15) is 20.3 Å². The lowest BCUT2D eigenvalue weighted by Gasteiger charge is -2.04. The Labute approximate surface area is 70.7 Å². The van der Waals surface area contributed by atoms with Gasteiger partial charge in [0.15, 0.2) is 12.4 Å². The van der Waals surface area contributed by atoms with Gasteiger partial charge in [0, 0.05) is 6.92 Å². The quantitative estimate of drug-likeness (QED) is 0.479. The van der Waals surface area contributed by atoms with E-state index >= 15 is 0 Å². The molecular formula is C7H11ClO3. The number of ketones is 1. The molecule has 0 saturated carbocycles. The van der Waals surface area contributed by atoms with Crippen LogP contribution in [0, 0.1) is 0 Å². The molecule has 0 spiro atoms. The molecule has 0 heterocycles. The molecule has 11 heavy (non-hydrogen) atoms. The molecule has 0 rings (SSSR count). The van der Waals surface area contributed by atoms with Crippen LogP contribution in [0.3, 0.4) is 0 Å². The highest BCUT2D eigenvalue weighted by atomic mass is 35.5. The van der Waals surface area contributed by atoms with E-state index in [4.69, 9.17) is 11.6 Å². The van der Waals surface area contributed by atoms with E-state index in [1.54, 1.807) is 6.92 Å². The number of Topliss-reactive ketones (excluding diaryl/α,β-unsaturated/α-hetero) is 1. The monoisotopic (exact) mass is 178 g/mol. The predicted molar refractivity (Wildman–Crippen MR) is 41.6 cm³/mol. The largest absolute Gasteiger partial charge is 0.458 e. The van der Waals surface area contributed by atoms with Crippen LogP contribution in [0.25, 0.3) is 0 Å². The van der Waals surface area contributed by atoms with Gasteiger partial charge in [-0.2, -0.15) is 0 Å². The van der Waals surface area contributed by atoms with Crippen molar-refractivity contribution in [3.05, 3.63) is 0 Å². The smallest absolute Gasteiger partial charge is 0.303 e. The molecule has 0 aromatic heterocycles. The number of carbonyl (C=O) groups excluding carboxylic acids is 2. The molecule has 64 valence electrons. The van der Waals surface area contributed by atoms with E-state index in [1.165, 1.54) is 6.92 Å². The molecule has 0 aromatic carbocycles. The first-order valence-corrected chi connectivity index (χ1v) is 3.81. The Balaban J connectivity index is 3.60. The first-order valence-electron chi connectivity index (χ1n) is 3.38. The summed E-state index contributed by atoms with van der Waals surface area (Å²) in [5.74, 6) is -0.706. The topological polar surface area (TPSA) is 43.4 Å². The lowest BCUT2D eigenvalue weighted by molar-refractivity contribution is -0.145. The zero-order valence-corrected chi connectivity index (χ0v) is 7.35. The first kappa shape index (κ1) is 10.4. The van der Waals surface area contributed by atoms with Gasteiger partial charge in [-0.25, -0.2) is 0 Å². The Hall–Kier alpha value is -0.570. The van der Waals surface area contributed by atoms with Crippen LogP contribution in [0.4, 0.5) is 0 Å². The molecule has 1 unspecified atom stereocenters. The molecule has 0 aliphatic heterocycles. The summed E-state index contributed by atoms with van der Waals surface area (Å²) in [4.78, 5) is 21.1. The van der Waals surface area contributed by atoms with Gasteiger partial charge in [-0.15, -0.1) is 11.6 Å². The minimum Gasteiger partial charge on any atom is -0.458 e. The average Bonchev–Trinajstić information content (AvgIpc) is 1.98. The summed E-state index contributed by atoms with van der Waals surface area (Å²) >= 11 is 5.56. The maximum absolute atomic E-state index is 10.9. The fraction of sp³-hybridized carbons (Fsp3) is 0.714. The number of halogens is 1. The summed E-state index contributed by atoms with van der Waals surface area (Å²) in [5.41, 5.74) is 0. The molecule has 0 N–H and O–H groups in total. The number of esters is 1. The van der Waals surface area contributed by atoms with Gasteiger partial charge >= 0.3 is 5.97 Å². The van der Waals surface area contributed by atoms with E-state index < -0.39 is 11.3 Å². The average molecular weight is 179 g/mol. The predicted octanol–water partition coefficient (Wildman–Crippen LogP) is 1.14. The summed E-state index contributed by atoms with van der Waals surface area (Å²) in [5, 5.41) is -0.533. The number of hydrogen-bond donors (Lipinski definition) is 0. The first-order chi connectivity index (χ1) is 5.07. The molecule has 0 aliphatic carbocycles. The maximum Gasteiger partial charge on any atom is 0.303 e. The summed E-state index contributed by atoms with van der Waals surface area (Å²) in [6.45, 7) is 2.84. The minimum absolute atomic E-state index is 0.211. The Bertz CT molecular complexity index is 156. The summed E-state index contributed by atoms with van der Waals surface area (Å²) in [6, 6.07) is 0. The van der Waals surface area contributed by atoms with Gasteiger partial charge in [0.25, 0.3) is 0 Å². The van der Waals surface area contributed by atoms with Crippen LogP contribution in [0.5, 0.6) is 0 Å². The summed E-state index contributed by atoms with van der Waals surface area (Å²) in [7, 11) is 0. The van der Waals surface area contributed by atoms with Crippen molar-refractivity contribution in [2.45, 2.75) is 25.6 Å². The standard InChI is InChI=1S/C7H11ClO3/c1-3-6(8)7(10)4-11-5(2)9/h6H,3-4H2,1-2H3. The molecule has 0 amide bonds. The molecule has 1 atom stereocenters. The number of alkyl halides is 1. The van der Waals surface area contributed by atoms with Gasteiger partial charge in [-0.05, 0) is 6.42 Å². The number of rotatable bonds is 4. The van der Waals surface area contributed by atoms with Gasteiger partial charge in [-0.3, -0.25) is 9.59 Å². The highest BCUT2D eigenvalue weighted by Gasteiger charge is 2.13. The van der Waals surface area contributed by atoms with E-state index in [2.05, 4.69) is 4.74 Å². The van der Waals surface area contributed by atoms with E-state index in [-0.39, 0.29) is 12.4 Å². The lowest BCUT2D eigenvalue weighted by Crippen LogP contribution is -2.20. The van der Waals surface area contributed by atoms with Crippen molar-refractivity contribution in [1.29, 1.82) is 0 Å². The normalized spacial score (nSPS) is 12.3. The van der Waals surface area contributed by atoms with E-state index in [1.807, 2.05) is 0 Å². The van der Waals surface area contributed by atoms with Crippen LogP contribution in [-0.4, -0.2) is 23.7 Å². The van der Waals surface area contributed by atoms with Crippen molar-refractivity contribution in [1.82, 2.24) is 0 Å². The van der Waals surface area contributed by atoms with Crippen molar-refractivity contribution in [3.63, 3.8) is 0 Å². The summed E-state index contributed by atoms with van der Waals surface area (Å²) < 4.78 is 4.45. The van der Waals surface area contributed by atoms with E-state index in [0.717, 1.165) is 0 Å². The Morgan fingerprint density at radius 1 is 1.55 bits per heavy atom. The molecular weight excluding hydrogens is 168 g/mol. The number of carbonyl (C=O) groups is 2. The van der Waals surface area contributed by atoms with E-state index in [0.29, 0.717) is 6.42 Å². The third kappa shape index (κ3) is 4.79. The maximum atomic E-state index is 10.9. The third-order valence-corrected chi connectivity index (χ3v) is 1.68. The number of ether oxygens (including phenoxy) is 1. The lowest BCUT2D eigenvalue weighted by atomic mass is 10.2. The molecule has 0 radical (unpaired) electrons. The van der Waals surface area contributed by atoms with Crippen LogP contribution in [0.2, 0.25) is 0 Å². The van der Waals surface area contributed by atoms with Crippen molar-refractivity contribution in [2.24, 2.45) is 0 Å². The van der Waals surface area contributed by atoms with Crippen LogP contribution in [-0.2, 0) is 14.3 Å². The van der Waals surface area contributed by atoms with Gasteiger partial charge in [0.1, 0.15) is 0 Å².